The quantitative estimate of drug-likeness (QED) is 0.286. The van der Waals surface area contributed by atoms with Gasteiger partial charge >= 0.3 is 0 Å². The number of aryl methyl sites for hydroxylation is 1. The number of hydrogen-bond acceptors (Lipinski definition) is 10. The lowest BCUT2D eigenvalue weighted by Crippen LogP contribution is -2.32. The van der Waals surface area contributed by atoms with Crippen molar-refractivity contribution in [1.29, 1.82) is 0 Å². The van der Waals surface area contributed by atoms with E-state index in [9.17, 15) is 10.2 Å². The highest BCUT2D eigenvalue weighted by atomic mass is 16.6. The Labute approximate surface area is 178 Å². The van der Waals surface area contributed by atoms with Crippen molar-refractivity contribution in [1.82, 2.24) is 29.3 Å². The van der Waals surface area contributed by atoms with Gasteiger partial charge in [-0.3, -0.25) is 14.2 Å². The van der Waals surface area contributed by atoms with Crippen LogP contribution < -0.4 is 5.73 Å². The number of rotatable bonds is 8. The molecule has 3 aromatic rings. The summed E-state index contributed by atoms with van der Waals surface area (Å²) in [6, 6.07) is 0. The van der Waals surface area contributed by atoms with Gasteiger partial charge in [-0.25, -0.2) is 15.0 Å². The van der Waals surface area contributed by atoms with Gasteiger partial charge in [-0.2, -0.15) is 5.10 Å². The highest BCUT2D eigenvalue weighted by Crippen LogP contribution is 2.32. The minimum absolute atomic E-state index is 0.184. The molecule has 1 saturated heterocycles. The summed E-state index contributed by atoms with van der Waals surface area (Å²) in [5.74, 6) is 0.559. The van der Waals surface area contributed by atoms with E-state index in [0.717, 1.165) is 25.8 Å². The van der Waals surface area contributed by atoms with Gasteiger partial charge in [0.05, 0.1) is 18.1 Å². The van der Waals surface area contributed by atoms with Crippen molar-refractivity contribution < 1.29 is 20.1 Å². The van der Waals surface area contributed by atoms with Crippen molar-refractivity contribution in [2.45, 2.75) is 57.3 Å². The van der Waals surface area contributed by atoms with Gasteiger partial charge in [-0.15, -0.1) is 0 Å². The number of aromatic nitrogens is 6. The number of hydrogen-bond donors (Lipinski definition) is 4. The number of fused-ring (bicyclic) bond motifs is 1. The fourth-order valence-electron chi connectivity index (χ4n) is 3.57. The van der Waals surface area contributed by atoms with Crippen LogP contribution in [0.25, 0.3) is 22.6 Å². The van der Waals surface area contributed by atoms with Crippen molar-refractivity contribution >= 4 is 23.2 Å². The second-order valence-corrected chi connectivity index (χ2v) is 7.40. The van der Waals surface area contributed by atoms with Crippen molar-refractivity contribution in [2.24, 2.45) is 4.99 Å². The van der Waals surface area contributed by atoms with Crippen LogP contribution in [0.3, 0.4) is 0 Å². The Hall–Kier alpha value is -2.93. The second-order valence-electron chi connectivity index (χ2n) is 7.40. The molecule has 31 heavy (non-hydrogen) atoms. The first kappa shape index (κ1) is 21.3. The van der Waals surface area contributed by atoms with Crippen LogP contribution in [0, 0.1) is 0 Å². The highest BCUT2D eigenvalue weighted by molar-refractivity contribution is 5.83. The first-order valence-corrected chi connectivity index (χ1v) is 10.2. The maximum atomic E-state index is 10.5. The van der Waals surface area contributed by atoms with E-state index in [1.807, 2.05) is 10.9 Å². The Morgan fingerprint density at radius 1 is 1.26 bits per heavy atom. The molecule has 12 nitrogen and oxygen atoms in total. The third-order valence-corrected chi connectivity index (χ3v) is 5.21. The zero-order valence-corrected chi connectivity index (χ0v) is 17.1. The van der Waals surface area contributed by atoms with Gasteiger partial charge < -0.3 is 25.8 Å². The number of aliphatic hydroxyl groups is 3. The molecule has 166 valence electrons. The van der Waals surface area contributed by atoms with Crippen molar-refractivity contribution in [3.8, 4) is 11.4 Å². The van der Waals surface area contributed by atoms with Crippen LogP contribution in [0.1, 0.15) is 32.4 Å². The molecular weight excluding hydrogens is 404 g/mol. The van der Waals surface area contributed by atoms with Gasteiger partial charge in [0.1, 0.15) is 30.6 Å². The van der Waals surface area contributed by atoms with Crippen LogP contribution in [0.4, 0.5) is 5.82 Å². The number of ether oxygens (including phenoxy) is 1. The third kappa shape index (κ3) is 4.14. The van der Waals surface area contributed by atoms with Gasteiger partial charge in [0.2, 0.25) is 0 Å². The largest absolute Gasteiger partial charge is 0.387 e. The Balaban J connectivity index is 1.65. The molecule has 0 amide bonds. The molecule has 4 atom stereocenters. The first-order valence-electron chi connectivity index (χ1n) is 10.2. The van der Waals surface area contributed by atoms with Gasteiger partial charge in [-0.1, -0.05) is 19.8 Å². The summed E-state index contributed by atoms with van der Waals surface area (Å²) >= 11 is 0. The number of nitrogens with zero attached hydrogens (tertiary/aromatic N) is 7. The Morgan fingerprint density at radius 3 is 2.87 bits per heavy atom. The normalized spacial score (nSPS) is 24.0. The number of nitrogens with two attached hydrogens (primary N) is 1. The lowest BCUT2D eigenvalue weighted by Gasteiger charge is -2.16. The van der Waals surface area contributed by atoms with E-state index < -0.39 is 31.3 Å². The first-order chi connectivity index (χ1) is 15.0. The van der Waals surface area contributed by atoms with Crippen LogP contribution in [0.2, 0.25) is 0 Å². The molecule has 0 saturated carbocycles. The Bertz CT molecular complexity index is 1060. The monoisotopic (exact) mass is 430 g/mol. The molecule has 0 aromatic carbocycles. The van der Waals surface area contributed by atoms with Gasteiger partial charge in [0.15, 0.2) is 23.5 Å². The summed E-state index contributed by atoms with van der Waals surface area (Å²) in [5.41, 5.74) is 7.53. The van der Waals surface area contributed by atoms with E-state index in [1.165, 1.54) is 17.1 Å². The number of anilines is 1. The third-order valence-electron chi connectivity index (χ3n) is 5.21. The molecule has 4 rings (SSSR count). The van der Waals surface area contributed by atoms with Crippen LogP contribution >= 0.6 is 0 Å². The zero-order chi connectivity index (χ0) is 22.0. The van der Waals surface area contributed by atoms with Crippen LogP contribution in [0.5, 0.6) is 0 Å². The molecule has 0 bridgehead atoms. The highest BCUT2D eigenvalue weighted by Gasteiger charge is 2.43. The minimum Gasteiger partial charge on any atom is -0.387 e. The summed E-state index contributed by atoms with van der Waals surface area (Å²) in [6.07, 6.45) is 5.20. The summed E-state index contributed by atoms with van der Waals surface area (Å²) < 4.78 is 9.08. The number of aliphatic imine (C=N–C) groups is 1. The lowest BCUT2D eigenvalue weighted by atomic mass is 10.1. The predicted molar refractivity (Wildman–Crippen MR) is 112 cm³/mol. The average molecular weight is 430 g/mol. The van der Waals surface area contributed by atoms with E-state index in [1.54, 1.807) is 6.20 Å². The fourth-order valence-corrected chi connectivity index (χ4v) is 3.57. The molecule has 1 aliphatic heterocycles. The van der Waals surface area contributed by atoms with E-state index >= 15 is 0 Å². The molecule has 2 unspecified atom stereocenters. The molecule has 1 fully saturated rings. The topological polar surface area (TPSA) is 170 Å². The number of unbranched alkanes of at least 4 members (excludes halogenated alkanes) is 2. The zero-order valence-electron chi connectivity index (χ0n) is 17.1. The standard InChI is InChI=1S/C19H26N8O4/c1-2-3-4-5-26-8-11(6-23-26)17-24-16(20)13-18(25-17)27(9-22-13)19-15(30)14(29)12(31-19)7-21-10-28/h6-9,12,14-15,19,28-30H,2-5,10H2,1H3,(H2,20,24,25)/t12?,14-,15-,19?/m0/s1. The number of imidazole rings is 1. The van der Waals surface area contributed by atoms with Crippen LogP contribution in [-0.4, -0.2) is 75.9 Å². The molecule has 1 aliphatic rings. The van der Waals surface area contributed by atoms with E-state index in [-0.39, 0.29) is 5.82 Å². The van der Waals surface area contributed by atoms with Gasteiger partial charge in [-0.05, 0) is 6.42 Å². The van der Waals surface area contributed by atoms with Crippen molar-refractivity contribution in [3.63, 3.8) is 0 Å². The van der Waals surface area contributed by atoms with E-state index in [2.05, 4.69) is 32.0 Å². The fraction of sp³-hybridized carbons (Fsp3) is 0.526. The van der Waals surface area contributed by atoms with E-state index in [0.29, 0.717) is 22.6 Å². The molecule has 0 aliphatic carbocycles. The van der Waals surface area contributed by atoms with Crippen LogP contribution in [0.15, 0.2) is 23.7 Å². The average Bonchev–Trinajstić information content (AvgIpc) is 3.46. The summed E-state index contributed by atoms with van der Waals surface area (Å²) in [5, 5.41) is 34.0. The Kier molecular flexibility index (Phi) is 6.23. The molecule has 3 aromatic heterocycles. The molecular formula is C19H26N8O4. The Morgan fingerprint density at radius 2 is 2.10 bits per heavy atom. The van der Waals surface area contributed by atoms with Gasteiger partial charge in [0.25, 0.3) is 0 Å². The predicted octanol–water partition coefficient (Wildman–Crippen LogP) is 0.102. The summed E-state index contributed by atoms with van der Waals surface area (Å²) in [6.45, 7) is 2.51. The van der Waals surface area contributed by atoms with Crippen molar-refractivity contribution in [2.75, 3.05) is 12.5 Å². The summed E-state index contributed by atoms with van der Waals surface area (Å²) in [4.78, 5) is 16.8. The lowest BCUT2D eigenvalue weighted by molar-refractivity contribution is -0.0212. The van der Waals surface area contributed by atoms with Gasteiger partial charge in [0, 0.05) is 19.0 Å². The number of aliphatic hydroxyl groups excluding tert-OH is 3. The van der Waals surface area contributed by atoms with E-state index in [4.69, 9.17) is 15.6 Å². The number of nitrogen functional groups attached to an aromatic ring is 1. The smallest absolute Gasteiger partial charge is 0.168 e. The minimum atomic E-state index is -1.26. The summed E-state index contributed by atoms with van der Waals surface area (Å²) in [7, 11) is 0. The second kappa shape index (κ2) is 9.06. The van der Waals surface area contributed by atoms with Crippen LogP contribution in [-0.2, 0) is 11.3 Å². The maximum Gasteiger partial charge on any atom is 0.168 e. The molecule has 0 spiro atoms. The van der Waals surface area contributed by atoms with Crippen molar-refractivity contribution in [3.05, 3.63) is 18.7 Å². The molecule has 12 heteroatoms. The molecule has 4 heterocycles. The maximum absolute atomic E-state index is 10.5. The SMILES string of the molecule is CCCCCn1cc(-c2nc(N)c3ncn(C4OC(C=NCO)[C@H](O)[C@@H]4O)c3n2)cn1. The molecule has 0 radical (unpaired) electrons. The molecule has 5 N–H and O–H groups in total.